The minimum atomic E-state index is -0.955. The summed E-state index contributed by atoms with van der Waals surface area (Å²) in [6, 6.07) is 13.3. The van der Waals surface area contributed by atoms with Crippen LogP contribution < -0.4 is 10.9 Å². The van der Waals surface area contributed by atoms with E-state index in [1.165, 1.54) is 6.92 Å². The highest BCUT2D eigenvalue weighted by Gasteiger charge is 2.20. The highest BCUT2D eigenvalue weighted by atomic mass is 16.5. The molecule has 0 radical (unpaired) electrons. The van der Waals surface area contributed by atoms with E-state index in [2.05, 4.69) is 17.2 Å². The van der Waals surface area contributed by atoms with Crippen LogP contribution in [0.2, 0.25) is 0 Å². The summed E-state index contributed by atoms with van der Waals surface area (Å²) in [5, 5.41) is 2.80. The van der Waals surface area contributed by atoms with Gasteiger partial charge in [0, 0.05) is 18.7 Å². The van der Waals surface area contributed by atoms with E-state index in [1.807, 2.05) is 56.3 Å². The summed E-state index contributed by atoms with van der Waals surface area (Å²) in [6.45, 7) is 8.05. The van der Waals surface area contributed by atoms with Gasteiger partial charge in [-0.05, 0) is 56.5 Å². The Hall–Kier alpha value is -3.48. The Bertz CT molecular complexity index is 1220. The largest absolute Gasteiger partial charge is 0.453 e. The van der Waals surface area contributed by atoms with Crippen molar-refractivity contribution in [3.8, 4) is 0 Å². The van der Waals surface area contributed by atoms with Crippen molar-refractivity contribution in [2.75, 3.05) is 5.32 Å². The quantitative estimate of drug-likeness (QED) is 0.492. The number of unbranched alkanes of at least 4 members (excludes halogenated alkanes) is 1. The van der Waals surface area contributed by atoms with E-state index >= 15 is 0 Å². The number of nitrogens with zero attached hydrogens (tertiary/aromatic N) is 2. The number of esters is 1. The summed E-state index contributed by atoms with van der Waals surface area (Å²) in [5.74, 6) is -0.948. The number of carbonyl (C=O) groups is 2. The zero-order chi connectivity index (χ0) is 24.0. The second-order valence-corrected chi connectivity index (χ2v) is 8.30. The van der Waals surface area contributed by atoms with Gasteiger partial charge in [0.2, 0.25) is 0 Å². The lowest BCUT2D eigenvalue weighted by molar-refractivity contribution is -0.153. The fraction of sp³-hybridized carbons (Fsp3) is 0.385. The van der Waals surface area contributed by atoms with Gasteiger partial charge in [-0.2, -0.15) is 0 Å². The molecule has 0 aliphatic heterocycles. The summed E-state index contributed by atoms with van der Waals surface area (Å²) in [5.41, 5.74) is 4.29. The molecule has 2 aromatic carbocycles. The number of anilines is 1. The SMILES string of the molecule is CCCCn1c(=O)c(CCC(=O)OC(C)C(=O)Nc2cc(C)ccc2C)nc2ccccc21. The average Bonchev–Trinajstić information content (AvgIpc) is 2.79. The van der Waals surface area contributed by atoms with Gasteiger partial charge < -0.3 is 14.6 Å². The maximum absolute atomic E-state index is 13.0. The number of para-hydroxylation sites is 2. The third-order valence-corrected chi connectivity index (χ3v) is 5.55. The maximum Gasteiger partial charge on any atom is 0.306 e. The Morgan fingerprint density at radius 3 is 2.67 bits per heavy atom. The fourth-order valence-electron chi connectivity index (χ4n) is 3.58. The molecular formula is C26H31N3O4. The number of rotatable bonds is 9. The number of ether oxygens (including phenoxy) is 1. The molecule has 3 rings (SSSR count). The monoisotopic (exact) mass is 449 g/mol. The third kappa shape index (κ3) is 6.06. The van der Waals surface area contributed by atoms with Crippen LogP contribution in [-0.2, 0) is 27.3 Å². The Kier molecular flexibility index (Phi) is 7.98. The van der Waals surface area contributed by atoms with Crippen LogP contribution in [0.3, 0.4) is 0 Å². The number of fused-ring (bicyclic) bond motifs is 1. The lowest BCUT2D eigenvalue weighted by Gasteiger charge is -2.15. The average molecular weight is 450 g/mol. The number of aromatic nitrogens is 2. The fourth-order valence-corrected chi connectivity index (χ4v) is 3.58. The van der Waals surface area contributed by atoms with Crippen molar-refractivity contribution in [2.45, 2.75) is 66.0 Å². The Morgan fingerprint density at radius 2 is 1.91 bits per heavy atom. The number of nitrogens with one attached hydrogen (secondary N) is 1. The molecule has 3 aromatic rings. The van der Waals surface area contributed by atoms with E-state index in [0.29, 0.717) is 17.9 Å². The molecule has 0 bridgehead atoms. The van der Waals surface area contributed by atoms with E-state index < -0.39 is 18.0 Å². The van der Waals surface area contributed by atoms with Crippen LogP contribution in [0.5, 0.6) is 0 Å². The minimum Gasteiger partial charge on any atom is -0.453 e. The molecule has 1 heterocycles. The number of amides is 1. The van der Waals surface area contributed by atoms with E-state index in [4.69, 9.17) is 4.74 Å². The van der Waals surface area contributed by atoms with Crippen LogP contribution in [0, 0.1) is 13.8 Å². The van der Waals surface area contributed by atoms with Crippen LogP contribution in [0.1, 0.15) is 49.9 Å². The highest BCUT2D eigenvalue weighted by molar-refractivity contribution is 5.95. The summed E-state index contributed by atoms with van der Waals surface area (Å²) in [4.78, 5) is 42.3. The van der Waals surface area contributed by atoms with E-state index in [1.54, 1.807) is 4.57 Å². The standard InChI is InChI=1S/C26H31N3O4/c1-5-6-15-29-23-10-8-7-9-20(23)27-21(26(29)32)13-14-24(30)33-19(4)25(31)28-22-16-17(2)11-12-18(22)3/h7-12,16,19H,5-6,13-15H2,1-4H3,(H,28,31). The summed E-state index contributed by atoms with van der Waals surface area (Å²) in [6.07, 6.45) is 1.01. The highest BCUT2D eigenvalue weighted by Crippen LogP contribution is 2.17. The molecule has 0 fully saturated rings. The molecule has 1 N–H and O–H groups in total. The van der Waals surface area contributed by atoms with Crippen molar-refractivity contribution in [2.24, 2.45) is 0 Å². The zero-order valence-electron chi connectivity index (χ0n) is 19.7. The van der Waals surface area contributed by atoms with Crippen molar-refractivity contribution in [3.05, 3.63) is 69.6 Å². The van der Waals surface area contributed by atoms with Crippen molar-refractivity contribution < 1.29 is 14.3 Å². The molecule has 0 saturated carbocycles. The van der Waals surface area contributed by atoms with Gasteiger partial charge in [-0.25, -0.2) is 4.98 Å². The second kappa shape index (κ2) is 10.9. The molecule has 1 aromatic heterocycles. The lowest BCUT2D eigenvalue weighted by atomic mass is 10.1. The molecule has 7 nitrogen and oxygen atoms in total. The number of hydrogen-bond acceptors (Lipinski definition) is 5. The molecule has 0 spiro atoms. The van der Waals surface area contributed by atoms with Gasteiger partial charge in [0.1, 0.15) is 5.69 Å². The Balaban J connectivity index is 1.65. The zero-order valence-corrected chi connectivity index (χ0v) is 19.7. The molecule has 7 heteroatoms. The molecule has 1 unspecified atom stereocenters. The van der Waals surface area contributed by atoms with Gasteiger partial charge in [0.05, 0.1) is 17.5 Å². The van der Waals surface area contributed by atoms with Crippen LogP contribution >= 0.6 is 0 Å². The van der Waals surface area contributed by atoms with E-state index in [0.717, 1.165) is 35.0 Å². The molecule has 0 saturated heterocycles. The first kappa shape index (κ1) is 24.2. The predicted octanol–water partition coefficient (Wildman–Crippen LogP) is 4.32. The van der Waals surface area contributed by atoms with Crippen molar-refractivity contribution in [1.82, 2.24) is 9.55 Å². The second-order valence-electron chi connectivity index (χ2n) is 8.30. The van der Waals surface area contributed by atoms with Crippen molar-refractivity contribution in [1.29, 1.82) is 0 Å². The number of benzene rings is 2. The van der Waals surface area contributed by atoms with Crippen molar-refractivity contribution in [3.63, 3.8) is 0 Å². The first-order valence-electron chi connectivity index (χ1n) is 11.4. The van der Waals surface area contributed by atoms with Gasteiger partial charge in [0.15, 0.2) is 6.10 Å². The smallest absolute Gasteiger partial charge is 0.306 e. The number of aryl methyl sites for hydroxylation is 4. The topological polar surface area (TPSA) is 90.3 Å². The van der Waals surface area contributed by atoms with Gasteiger partial charge in [-0.15, -0.1) is 0 Å². The van der Waals surface area contributed by atoms with E-state index in [-0.39, 0.29) is 18.4 Å². The molecular weight excluding hydrogens is 418 g/mol. The third-order valence-electron chi connectivity index (χ3n) is 5.55. The summed E-state index contributed by atoms with van der Waals surface area (Å²) < 4.78 is 7.04. The Morgan fingerprint density at radius 1 is 1.15 bits per heavy atom. The first-order chi connectivity index (χ1) is 15.8. The van der Waals surface area contributed by atoms with Gasteiger partial charge in [-0.1, -0.05) is 37.6 Å². The number of hydrogen-bond donors (Lipinski definition) is 1. The van der Waals surface area contributed by atoms with Gasteiger partial charge in [-0.3, -0.25) is 14.4 Å². The van der Waals surface area contributed by atoms with E-state index in [9.17, 15) is 14.4 Å². The first-order valence-corrected chi connectivity index (χ1v) is 11.4. The Labute approximate surface area is 193 Å². The molecule has 33 heavy (non-hydrogen) atoms. The molecule has 0 aliphatic rings. The van der Waals surface area contributed by atoms with Gasteiger partial charge in [0.25, 0.3) is 11.5 Å². The minimum absolute atomic E-state index is 0.0323. The van der Waals surface area contributed by atoms with Crippen LogP contribution in [0.15, 0.2) is 47.3 Å². The van der Waals surface area contributed by atoms with Crippen LogP contribution in [-0.4, -0.2) is 27.5 Å². The van der Waals surface area contributed by atoms with Crippen molar-refractivity contribution >= 4 is 28.6 Å². The predicted molar refractivity (Wildman–Crippen MR) is 129 cm³/mol. The lowest BCUT2D eigenvalue weighted by Crippen LogP contribution is -2.31. The number of carbonyl (C=O) groups excluding carboxylic acids is 2. The van der Waals surface area contributed by atoms with Crippen LogP contribution in [0.25, 0.3) is 11.0 Å². The summed E-state index contributed by atoms with van der Waals surface area (Å²) in [7, 11) is 0. The molecule has 1 amide bonds. The maximum atomic E-state index is 13.0. The molecule has 0 aliphatic carbocycles. The summed E-state index contributed by atoms with van der Waals surface area (Å²) >= 11 is 0. The normalized spacial score (nSPS) is 11.9. The van der Waals surface area contributed by atoms with Gasteiger partial charge >= 0.3 is 5.97 Å². The van der Waals surface area contributed by atoms with Crippen LogP contribution in [0.4, 0.5) is 5.69 Å². The molecule has 174 valence electrons. The molecule has 1 atom stereocenters.